The second kappa shape index (κ2) is 8.14. The quantitative estimate of drug-likeness (QED) is 0.703. The van der Waals surface area contributed by atoms with E-state index in [1.165, 1.54) is 5.56 Å². The topological polar surface area (TPSA) is 47.0 Å². The Bertz CT molecular complexity index is 328. The van der Waals surface area contributed by atoms with E-state index in [0.717, 1.165) is 37.4 Å². The van der Waals surface area contributed by atoms with Gasteiger partial charge >= 0.3 is 0 Å². The SMILES string of the molecule is CCCNCc1cnc(COCC)nc1CC. The van der Waals surface area contributed by atoms with Gasteiger partial charge in [0, 0.05) is 30.6 Å². The average molecular weight is 237 g/mol. The van der Waals surface area contributed by atoms with Crippen molar-refractivity contribution in [3.63, 3.8) is 0 Å². The lowest BCUT2D eigenvalue weighted by Crippen LogP contribution is -2.16. The van der Waals surface area contributed by atoms with Gasteiger partial charge in [-0.25, -0.2) is 9.97 Å². The summed E-state index contributed by atoms with van der Waals surface area (Å²) in [6.07, 6.45) is 4.00. The van der Waals surface area contributed by atoms with Gasteiger partial charge in [0.2, 0.25) is 0 Å². The van der Waals surface area contributed by atoms with Gasteiger partial charge in [-0.1, -0.05) is 13.8 Å². The van der Waals surface area contributed by atoms with Gasteiger partial charge in [0.05, 0.1) is 0 Å². The third-order valence-electron chi connectivity index (χ3n) is 2.52. The van der Waals surface area contributed by atoms with E-state index in [1.54, 1.807) is 0 Å². The minimum absolute atomic E-state index is 0.506. The maximum Gasteiger partial charge on any atom is 0.154 e. The van der Waals surface area contributed by atoms with E-state index in [9.17, 15) is 0 Å². The van der Waals surface area contributed by atoms with E-state index in [-0.39, 0.29) is 0 Å². The molecule has 0 aromatic carbocycles. The number of aromatic nitrogens is 2. The Balaban J connectivity index is 2.64. The minimum Gasteiger partial charge on any atom is -0.374 e. The van der Waals surface area contributed by atoms with E-state index in [0.29, 0.717) is 13.2 Å². The maximum absolute atomic E-state index is 5.32. The predicted molar refractivity (Wildman–Crippen MR) is 68.7 cm³/mol. The Morgan fingerprint density at radius 1 is 1.29 bits per heavy atom. The number of nitrogens with one attached hydrogen (secondary N) is 1. The fourth-order valence-electron chi connectivity index (χ4n) is 1.60. The molecule has 0 aliphatic heterocycles. The van der Waals surface area contributed by atoms with Gasteiger partial charge in [0.25, 0.3) is 0 Å². The van der Waals surface area contributed by atoms with Crippen LogP contribution in [0.5, 0.6) is 0 Å². The lowest BCUT2D eigenvalue weighted by Gasteiger charge is -2.09. The van der Waals surface area contributed by atoms with Crippen LogP contribution in [0, 0.1) is 0 Å². The van der Waals surface area contributed by atoms with Gasteiger partial charge in [-0.3, -0.25) is 0 Å². The molecule has 4 heteroatoms. The maximum atomic E-state index is 5.32. The first-order chi connectivity index (χ1) is 8.31. The van der Waals surface area contributed by atoms with Crippen LogP contribution in [-0.4, -0.2) is 23.1 Å². The lowest BCUT2D eigenvalue weighted by atomic mass is 10.2. The Morgan fingerprint density at radius 2 is 2.12 bits per heavy atom. The molecule has 0 radical (unpaired) electrons. The molecule has 0 amide bonds. The second-order valence-electron chi connectivity index (χ2n) is 3.93. The first-order valence-corrected chi connectivity index (χ1v) is 6.43. The first kappa shape index (κ1) is 14.1. The van der Waals surface area contributed by atoms with Crippen LogP contribution in [0.25, 0.3) is 0 Å². The molecule has 0 unspecified atom stereocenters. The van der Waals surface area contributed by atoms with Crippen LogP contribution in [0.15, 0.2) is 6.20 Å². The van der Waals surface area contributed by atoms with Crippen LogP contribution in [-0.2, 0) is 24.3 Å². The number of rotatable bonds is 8. The Labute approximate surface area is 104 Å². The van der Waals surface area contributed by atoms with Gasteiger partial charge in [0.1, 0.15) is 6.61 Å². The van der Waals surface area contributed by atoms with Crippen molar-refractivity contribution >= 4 is 0 Å². The molecule has 17 heavy (non-hydrogen) atoms. The molecule has 1 N–H and O–H groups in total. The Morgan fingerprint density at radius 3 is 2.76 bits per heavy atom. The van der Waals surface area contributed by atoms with Crippen molar-refractivity contribution in [1.82, 2.24) is 15.3 Å². The monoisotopic (exact) mass is 237 g/mol. The van der Waals surface area contributed by atoms with Crippen molar-refractivity contribution in [1.29, 1.82) is 0 Å². The van der Waals surface area contributed by atoms with Gasteiger partial charge in [-0.15, -0.1) is 0 Å². The molecule has 0 saturated heterocycles. The summed E-state index contributed by atoms with van der Waals surface area (Å²) >= 11 is 0. The molecular formula is C13H23N3O. The molecule has 0 atom stereocenters. The van der Waals surface area contributed by atoms with Crippen molar-refractivity contribution in [2.75, 3.05) is 13.2 Å². The zero-order chi connectivity index (χ0) is 12.5. The normalized spacial score (nSPS) is 10.8. The van der Waals surface area contributed by atoms with Crippen molar-refractivity contribution in [3.8, 4) is 0 Å². The summed E-state index contributed by atoms with van der Waals surface area (Å²) < 4.78 is 5.32. The summed E-state index contributed by atoms with van der Waals surface area (Å²) in [6, 6.07) is 0. The molecule has 1 heterocycles. The molecule has 0 aliphatic carbocycles. The number of hydrogen-bond acceptors (Lipinski definition) is 4. The molecule has 0 bridgehead atoms. The van der Waals surface area contributed by atoms with Crippen molar-refractivity contribution in [3.05, 3.63) is 23.3 Å². The van der Waals surface area contributed by atoms with E-state index < -0.39 is 0 Å². The summed E-state index contributed by atoms with van der Waals surface area (Å²) in [6.45, 7) is 9.35. The van der Waals surface area contributed by atoms with Crippen LogP contribution in [0.3, 0.4) is 0 Å². The number of nitrogens with zero attached hydrogens (tertiary/aromatic N) is 2. The number of ether oxygens (including phenoxy) is 1. The second-order valence-corrected chi connectivity index (χ2v) is 3.93. The Kier molecular flexibility index (Phi) is 6.74. The predicted octanol–water partition coefficient (Wildman–Crippen LogP) is 2.08. The van der Waals surface area contributed by atoms with Crippen LogP contribution < -0.4 is 5.32 Å². The zero-order valence-electron chi connectivity index (χ0n) is 11.1. The lowest BCUT2D eigenvalue weighted by molar-refractivity contribution is 0.128. The molecule has 0 saturated carbocycles. The highest BCUT2D eigenvalue weighted by molar-refractivity contribution is 5.17. The summed E-state index contributed by atoms with van der Waals surface area (Å²) in [5, 5.41) is 3.38. The zero-order valence-corrected chi connectivity index (χ0v) is 11.1. The van der Waals surface area contributed by atoms with Crippen LogP contribution in [0.2, 0.25) is 0 Å². The number of aryl methyl sites for hydroxylation is 1. The molecule has 1 rings (SSSR count). The summed E-state index contributed by atoms with van der Waals surface area (Å²) in [5.41, 5.74) is 2.32. The van der Waals surface area contributed by atoms with Gasteiger partial charge in [-0.05, 0) is 26.3 Å². The average Bonchev–Trinajstić information content (AvgIpc) is 2.37. The molecule has 0 fully saturated rings. The molecule has 96 valence electrons. The largest absolute Gasteiger partial charge is 0.374 e. The Hall–Kier alpha value is -1.00. The van der Waals surface area contributed by atoms with E-state index in [1.807, 2.05) is 13.1 Å². The minimum atomic E-state index is 0.506. The van der Waals surface area contributed by atoms with Crippen LogP contribution >= 0.6 is 0 Å². The fourth-order valence-corrected chi connectivity index (χ4v) is 1.60. The smallest absolute Gasteiger partial charge is 0.154 e. The molecule has 1 aromatic heterocycles. The molecule has 0 aliphatic rings. The molecule has 1 aromatic rings. The molecule has 0 spiro atoms. The van der Waals surface area contributed by atoms with Crippen molar-refractivity contribution < 1.29 is 4.74 Å². The fraction of sp³-hybridized carbons (Fsp3) is 0.692. The third kappa shape index (κ3) is 4.79. The van der Waals surface area contributed by atoms with Crippen molar-refractivity contribution in [2.24, 2.45) is 0 Å². The summed E-state index contributed by atoms with van der Waals surface area (Å²) in [5.74, 6) is 0.781. The van der Waals surface area contributed by atoms with Gasteiger partial charge in [0.15, 0.2) is 5.82 Å². The van der Waals surface area contributed by atoms with E-state index >= 15 is 0 Å². The number of hydrogen-bond donors (Lipinski definition) is 1. The third-order valence-corrected chi connectivity index (χ3v) is 2.52. The van der Waals surface area contributed by atoms with Gasteiger partial charge in [-0.2, -0.15) is 0 Å². The highest BCUT2D eigenvalue weighted by Crippen LogP contribution is 2.07. The van der Waals surface area contributed by atoms with E-state index in [4.69, 9.17) is 4.74 Å². The molecular weight excluding hydrogens is 214 g/mol. The van der Waals surface area contributed by atoms with Crippen LogP contribution in [0.1, 0.15) is 44.3 Å². The highest BCUT2D eigenvalue weighted by atomic mass is 16.5. The van der Waals surface area contributed by atoms with Crippen molar-refractivity contribution in [2.45, 2.75) is 46.8 Å². The molecule has 4 nitrogen and oxygen atoms in total. The summed E-state index contributed by atoms with van der Waals surface area (Å²) in [7, 11) is 0. The standard InChI is InChI=1S/C13H23N3O/c1-4-7-14-8-11-9-15-13(10-17-6-3)16-12(11)5-2/h9,14H,4-8,10H2,1-3H3. The van der Waals surface area contributed by atoms with Crippen LogP contribution in [0.4, 0.5) is 0 Å². The first-order valence-electron chi connectivity index (χ1n) is 6.43. The van der Waals surface area contributed by atoms with Gasteiger partial charge < -0.3 is 10.1 Å². The summed E-state index contributed by atoms with van der Waals surface area (Å²) in [4.78, 5) is 8.86. The highest BCUT2D eigenvalue weighted by Gasteiger charge is 2.05. The van der Waals surface area contributed by atoms with E-state index in [2.05, 4.69) is 29.1 Å².